The fraction of sp³-hybridized carbons (Fsp3) is 0.364. The van der Waals surface area contributed by atoms with Crippen LogP contribution in [0.25, 0.3) is 0 Å². The number of amides is 1. The van der Waals surface area contributed by atoms with Crippen molar-refractivity contribution in [1.82, 2.24) is 5.32 Å². The Hall–Kier alpha value is -2.86. The SMILES string of the molecule is CC(C)[C@](NC(=O)OCc1ccccc1)(C(=O)OCc1ccccc1)C1CO1. The average Bonchev–Trinajstić information content (AvgIpc) is 3.55. The molecule has 1 N–H and O–H groups in total. The highest BCUT2D eigenvalue weighted by molar-refractivity contribution is 5.87. The van der Waals surface area contributed by atoms with E-state index in [-0.39, 0.29) is 19.1 Å². The van der Waals surface area contributed by atoms with E-state index in [9.17, 15) is 9.59 Å². The predicted molar refractivity (Wildman–Crippen MR) is 103 cm³/mol. The number of hydrogen-bond acceptors (Lipinski definition) is 5. The monoisotopic (exact) mass is 383 g/mol. The lowest BCUT2D eigenvalue weighted by atomic mass is 9.83. The summed E-state index contributed by atoms with van der Waals surface area (Å²) in [5, 5.41) is 2.74. The van der Waals surface area contributed by atoms with E-state index >= 15 is 0 Å². The third-order valence-corrected chi connectivity index (χ3v) is 4.82. The molecule has 1 amide bonds. The highest BCUT2D eigenvalue weighted by Crippen LogP contribution is 2.33. The number of carbonyl (C=O) groups is 2. The number of carbonyl (C=O) groups excluding carboxylic acids is 2. The molecule has 2 atom stereocenters. The van der Waals surface area contributed by atoms with Crippen molar-refractivity contribution in [1.29, 1.82) is 0 Å². The number of benzene rings is 2. The van der Waals surface area contributed by atoms with Crippen LogP contribution < -0.4 is 5.32 Å². The predicted octanol–water partition coefficient (Wildman–Crippen LogP) is 3.45. The molecule has 1 unspecified atom stereocenters. The zero-order valence-electron chi connectivity index (χ0n) is 16.1. The Kier molecular flexibility index (Phi) is 6.31. The molecule has 1 fully saturated rings. The van der Waals surface area contributed by atoms with Gasteiger partial charge in [0, 0.05) is 0 Å². The third kappa shape index (κ3) is 4.70. The fourth-order valence-electron chi connectivity index (χ4n) is 3.10. The van der Waals surface area contributed by atoms with E-state index in [4.69, 9.17) is 14.2 Å². The van der Waals surface area contributed by atoms with Gasteiger partial charge in [0.1, 0.15) is 19.3 Å². The Bertz CT molecular complexity index is 785. The molecule has 1 saturated heterocycles. The van der Waals surface area contributed by atoms with Gasteiger partial charge in [0.15, 0.2) is 5.54 Å². The molecule has 3 rings (SSSR count). The summed E-state index contributed by atoms with van der Waals surface area (Å²) in [6.45, 7) is 4.33. The van der Waals surface area contributed by atoms with Crippen molar-refractivity contribution in [2.45, 2.75) is 38.7 Å². The quantitative estimate of drug-likeness (QED) is 0.558. The molecule has 2 aromatic rings. The summed E-state index contributed by atoms with van der Waals surface area (Å²) >= 11 is 0. The smallest absolute Gasteiger partial charge is 0.408 e. The average molecular weight is 383 g/mol. The van der Waals surface area contributed by atoms with Crippen LogP contribution in [0.2, 0.25) is 0 Å². The van der Waals surface area contributed by atoms with Crippen LogP contribution in [-0.2, 0) is 32.2 Å². The molecule has 1 heterocycles. The Balaban J connectivity index is 1.67. The van der Waals surface area contributed by atoms with E-state index in [1.165, 1.54) is 0 Å². The molecule has 0 saturated carbocycles. The van der Waals surface area contributed by atoms with E-state index < -0.39 is 23.7 Å². The van der Waals surface area contributed by atoms with Crippen molar-refractivity contribution in [2.24, 2.45) is 5.92 Å². The largest absolute Gasteiger partial charge is 0.459 e. The van der Waals surface area contributed by atoms with Gasteiger partial charge in [-0.3, -0.25) is 0 Å². The Morgan fingerprint density at radius 3 is 1.96 bits per heavy atom. The molecule has 0 bridgehead atoms. The first-order valence-electron chi connectivity index (χ1n) is 9.34. The molecule has 1 aliphatic rings. The van der Waals surface area contributed by atoms with E-state index in [1.54, 1.807) is 0 Å². The summed E-state index contributed by atoms with van der Waals surface area (Å²) in [6, 6.07) is 18.7. The van der Waals surface area contributed by atoms with Gasteiger partial charge < -0.3 is 19.5 Å². The number of epoxide rings is 1. The van der Waals surface area contributed by atoms with Crippen LogP contribution in [0.15, 0.2) is 60.7 Å². The first-order chi connectivity index (χ1) is 13.5. The van der Waals surface area contributed by atoms with E-state index in [1.807, 2.05) is 74.5 Å². The summed E-state index contributed by atoms with van der Waals surface area (Å²) < 4.78 is 16.2. The number of rotatable bonds is 8. The molecule has 6 heteroatoms. The molecular weight excluding hydrogens is 358 g/mol. The van der Waals surface area contributed by atoms with Crippen LogP contribution >= 0.6 is 0 Å². The third-order valence-electron chi connectivity index (χ3n) is 4.82. The van der Waals surface area contributed by atoms with Crippen LogP contribution in [0.3, 0.4) is 0 Å². The van der Waals surface area contributed by atoms with Gasteiger partial charge >= 0.3 is 12.1 Å². The summed E-state index contributed by atoms with van der Waals surface area (Å²) in [5.41, 5.74) is 0.446. The number of nitrogens with one attached hydrogen (secondary N) is 1. The summed E-state index contributed by atoms with van der Waals surface area (Å²) in [6.07, 6.45) is -1.11. The van der Waals surface area contributed by atoms with Crippen molar-refractivity contribution >= 4 is 12.1 Å². The first-order valence-corrected chi connectivity index (χ1v) is 9.34. The molecular formula is C22H25NO5. The van der Waals surface area contributed by atoms with Crippen molar-refractivity contribution in [3.8, 4) is 0 Å². The number of ether oxygens (including phenoxy) is 3. The summed E-state index contributed by atoms with van der Waals surface area (Å²) in [7, 11) is 0. The van der Waals surface area contributed by atoms with Gasteiger partial charge in [-0.25, -0.2) is 9.59 Å². The van der Waals surface area contributed by atoms with Gasteiger partial charge in [-0.1, -0.05) is 74.5 Å². The van der Waals surface area contributed by atoms with Gasteiger partial charge in [0.2, 0.25) is 0 Å². The standard InChI is InChI=1S/C22H25NO5/c1-16(2)22(19-15-26-19,20(24)27-13-17-9-5-3-6-10-17)23-21(25)28-14-18-11-7-4-8-12-18/h3-12,16,19H,13-15H2,1-2H3,(H,23,25)/t19?,22-/m1/s1. The van der Waals surface area contributed by atoms with Gasteiger partial charge in [0.25, 0.3) is 0 Å². The van der Waals surface area contributed by atoms with Crippen LogP contribution in [0.5, 0.6) is 0 Å². The molecule has 0 aromatic heterocycles. The Morgan fingerprint density at radius 2 is 1.50 bits per heavy atom. The van der Waals surface area contributed by atoms with Crippen molar-refractivity contribution in [3.05, 3.63) is 71.8 Å². The van der Waals surface area contributed by atoms with E-state index in [0.29, 0.717) is 6.61 Å². The maximum atomic E-state index is 13.0. The van der Waals surface area contributed by atoms with Gasteiger partial charge in [-0.2, -0.15) is 0 Å². The maximum absolute atomic E-state index is 13.0. The van der Waals surface area contributed by atoms with Crippen LogP contribution in [-0.4, -0.2) is 30.3 Å². The van der Waals surface area contributed by atoms with Crippen molar-refractivity contribution < 1.29 is 23.8 Å². The van der Waals surface area contributed by atoms with Crippen molar-refractivity contribution in [3.63, 3.8) is 0 Å². The second kappa shape index (κ2) is 8.89. The number of hydrogen-bond donors (Lipinski definition) is 1. The lowest BCUT2D eigenvalue weighted by Gasteiger charge is -2.34. The minimum Gasteiger partial charge on any atom is -0.459 e. The molecule has 0 radical (unpaired) electrons. The molecule has 148 valence electrons. The topological polar surface area (TPSA) is 77.2 Å². The van der Waals surface area contributed by atoms with Crippen LogP contribution in [0.1, 0.15) is 25.0 Å². The maximum Gasteiger partial charge on any atom is 0.408 e. The fourth-order valence-corrected chi connectivity index (χ4v) is 3.10. The van der Waals surface area contributed by atoms with Crippen LogP contribution in [0.4, 0.5) is 4.79 Å². The van der Waals surface area contributed by atoms with Gasteiger partial charge in [-0.15, -0.1) is 0 Å². The lowest BCUT2D eigenvalue weighted by Crippen LogP contribution is -2.62. The highest BCUT2D eigenvalue weighted by atomic mass is 16.6. The highest BCUT2D eigenvalue weighted by Gasteiger charge is 2.57. The Morgan fingerprint density at radius 1 is 1.00 bits per heavy atom. The van der Waals surface area contributed by atoms with Crippen LogP contribution in [0, 0.1) is 5.92 Å². The molecule has 1 aliphatic heterocycles. The van der Waals surface area contributed by atoms with Crippen molar-refractivity contribution in [2.75, 3.05) is 6.61 Å². The minimum atomic E-state index is -1.29. The zero-order valence-corrected chi connectivity index (χ0v) is 16.1. The molecule has 0 spiro atoms. The van der Waals surface area contributed by atoms with Gasteiger partial charge in [0.05, 0.1) is 6.61 Å². The second-order valence-corrected chi connectivity index (χ2v) is 7.09. The molecule has 0 aliphatic carbocycles. The van der Waals surface area contributed by atoms with E-state index in [0.717, 1.165) is 11.1 Å². The summed E-state index contributed by atoms with van der Waals surface area (Å²) in [4.78, 5) is 25.4. The number of esters is 1. The number of alkyl carbamates (subject to hydrolysis) is 1. The first kappa shape index (κ1) is 19.9. The van der Waals surface area contributed by atoms with E-state index in [2.05, 4.69) is 5.32 Å². The second-order valence-electron chi connectivity index (χ2n) is 7.09. The molecule has 28 heavy (non-hydrogen) atoms. The summed E-state index contributed by atoms with van der Waals surface area (Å²) in [5.74, 6) is -0.766. The van der Waals surface area contributed by atoms with Gasteiger partial charge in [-0.05, 0) is 17.0 Å². The lowest BCUT2D eigenvalue weighted by molar-refractivity contribution is -0.156. The Labute approximate surface area is 164 Å². The molecule has 2 aromatic carbocycles. The minimum absolute atomic E-state index is 0.117. The normalized spacial score (nSPS) is 17.5. The zero-order chi connectivity index (χ0) is 20.0. The molecule has 6 nitrogen and oxygen atoms in total.